The lowest BCUT2D eigenvalue weighted by molar-refractivity contribution is -0.162. The normalized spacial score (nSPS) is 30.0. The average Bonchev–Trinajstić information content (AvgIpc) is 3.68. The lowest BCUT2D eigenvalue weighted by Gasteiger charge is -2.24. The van der Waals surface area contributed by atoms with E-state index in [0.717, 1.165) is 82.8 Å². The molecule has 7 heteroatoms. The van der Waals surface area contributed by atoms with Crippen molar-refractivity contribution in [3.8, 4) is 0 Å². The van der Waals surface area contributed by atoms with Crippen molar-refractivity contribution in [2.45, 2.75) is 109 Å². The van der Waals surface area contributed by atoms with Crippen LogP contribution < -0.4 is 0 Å². The molecule has 4 aliphatic rings. The molecule has 0 saturated heterocycles. The van der Waals surface area contributed by atoms with E-state index in [9.17, 15) is 14.4 Å². The molecule has 40 heavy (non-hydrogen) atoms. The number of nitrogens with zero attached hydrogens (tertiary/aromatic N) is 2. The molecule has 0 aromatic rings. The van der Waals surface area contributed by atoms with Crippen LogP contribution in [0, 0.1) is 35.5 Å². The van der Waals surface area contributed by atoms with E-state index >= 15 is 0 Å². The first-order chi connectivity index (χ1) is 19.4. The van der Waals surface area contributed by atoms with Gasteiger partial charge in [0.15, 0.2) is 0 Å². The summed E-state index contributed by atoms with van der Waals surface area (Å²) in [4.78, 5) is 41.2. The summed E-state index contributed by atoms with van der Waals surface area (Å²) in [6.45, 7) is 3.92. The van der Waals surface area contributed by atoms with Crippen molar-refractivity contribution in [1.82, 2.24) is 9.80 Å². The van der Waals surface area contributed by atoms with Crippen molar-refractivity contribution in [2.75, 3.05) is 46.9 Å². The van der Waals surface area contributed by atoms with E-state index in [1.807, 2.05) is 0 Å². The molecule has 5 atom stereocenters. The Labute approximate surface area is 243 Å². The van der Waals surface area contributed by atoms with E-state index in [4.69, 9.17) is 9.47 Å². The zero-order valence-electron chi connectivity index (χ0n) is 25.4. The second kappa shape index (κ2) is 16.2. The SMILES string of the molecule is CN(C)CCCN(CCCC=O)CCCC(=O)OC(COC(=O)C1CC2CCCC2C1)CC1CC2CCCC2C1. The molecule has 4 saturated carbocycles. The fraction of sp³-hybridized carbons (Fsp3) is 0.909. The number of esters is 2. The number of hydrogen-bond donors (Lipinski definition) is 0. The van der Waals surface area contributed by atoms with Crippen LogP contribution in [-0.4, -0.2) is 81.0 Å². The summed E-state index contributed by atoms with van der Waals surface area (Å²) < 4.78 is 11.9. The molecule has 228 valence electrons. The Morgan fingerprint density at radius 2 is 1.43 bits per heavy atom. The number of carbonyl (C=O) groups excluding carboxylic acids is 3. The van der Waals surface area contributed by atoms with Gasteiger partial charge in [0.1, 0.15) is 19.0 Å². The maximum Gasteiger partial charge on any atom is 0.309 e. The van der Waals surface area contributed by atoms with Gasteiger partial charge in [-0.2, -0.15) is 0 Å². The molecule has 0 heterocycles. The molecule has 0 N–H and O–H groups in total. The van der Waals surface area contributed by atoms with Crippen molar-refractivity contribution >= 4 is 18.2 Å². The Bertz CT molecular complexity index is 780. The maximum atomic E-state index is 13.0. The van der Waals surface area contributed by atoms with Crippen LogP contribution in [0.15, 0.2) is 0 Å². The van der Waals surface area contributed by atoms with Gasteiger partial charge >= 0.3 is 11.9 Å². The lowest BCUT2D eigenvalue weighted by atomic mass is 9.96. The summed E-state index contributed by atoms with van der Waals surface area (Å²) in [5.74, 6) is 3.49. The van der Waals surface area contributed by atoms with E-state index < -0.39 is 0 Å². The largest absolute Gasteiger partial charge is 0.462 e. The Morgan fingerprint density at radius 3 is 2.05 bits per heavy atom. The number of carbonyl (C=O) groups is 3. The summed E-state index contributed by atoms with van der Waals surface area (Å²) in [6.07, 6.45) is 17.5. The highest BCUT2D eigenvalue weighted by molar-refractivity contribution is 5.73. The van der Waals surface area contributed by atoms with Crippen LogP contribution in [0.3, 0.4) is 0 Å². The van der Waals surface area contributed by atoms with Crippen LogP contribution in [0.25, 0.3) is 0 Å². The Morgan fingerprint density at radius 1 is 0.825 bits per heavy atom. The third kappa shape index (κ3) is 9.82. The van der Waals surface area contributed by atoms with E-state index in [-0.39, 0.29) is 30.6 Å². The van der Waals surface area contributed by atoms with Crippen LogP contribution in [0.5, 0.6) is 0 Å². The van der Waals surface area contributed by atoms with Crippen molar-refractivity contribution in [3.05, 3.63) is 0 Å². The summed E-state index contributed by atoms with van der Waals surface area (Å²) in [7, 11) is 4.16. The molecule has 4 rings (SSSR count). The van der Waals surface area contributed by atoms with Crippen LogP contribution in [0.4, 0.5) is 0 Å². The van der Waals surface area contributed by atoms with Gasteiger partial charge in [0.2, 0.25) is 0 Å². The summed E-state index contributed by atoms with van der Waals surface area (Å²) >= 11 is 0. The second-order valence-electron chi connectivity index (χ2n) is 13.8. The fourth-order valence-corrected chi connectivity index (χ4v) is 8.48. The van der Waals surface area contributed by atoms with Crippen LogP contribution in [-0.2, 0) is 23.9 Å². The molecule has 0 spiro atoms. The summed E-state index contributed by atoms with van der Waals surface area (Å²) in [5.41, 5.74) is 0. The Balaban J connectivity index is 1.23. The first kappa shape index (κ1) is 31.5. The smallest absolute Gasteiger partial charge is 0.309 e. The van der Waals surface area contributed by atoms with Gasteiger partial charge < -0.3 is 24.1 Å². The number of unbranched alkanes of at least 4 members (excludes halogenated alkanes) is 1. The molecule has 4 aliphatic carbocycles. The molecule has 0 bridgehead atoms. The molecular weight excluding hydrogens is 504 g/mol. The number of aldehydes is 1. The predicted molar refractivity (Wildman–Crippen MR) is 157 cm³/mol. The minimum Gasteiger partial charge on any atom is -0.462 e. The molecule has 4 fully saturated rings. The Hall–Kier alpha value is -1.47. The van der Waals surface area contributed by atoms with Gasteiger partial charge in [-0.15, -0.1) is 0 Å². The highest BCUT2D eigenvalue weighted by atomic mass is 16.6. The number of rotatable bonds is 18. The zero-order valence-corrected chi connectivity index (χ0v) is 25.4. The number of ether oxygens (including phenoxy) is 2. The highest BCUT2D eigenvalue weighted by Crippen LogP contribution is 2.49. The van der Waals surface area contributed by atoms with E-state index in [0.29, 0.717) is 30.6 Å². The van der Waals surface area contributed by atoms with Gasteiger partial charge in [-0.05, 0) is 121 Å². The molecule has 0 radical (unpaired) electrons. The van der Waals surface area contributed by atoms with Crippen molar-refractivity contribution < 1.29 is 23.9 Å². The van der Waals surface area contributed by atoms with Crippen molar-refractivity contribution in [1.29, 1.82) is 0 Å². The van der Waals surface area contributed by atoms with Gasteiger partial charge in [-0.25, -0.2) is 0 Å². The van der Waals surface area contributed by atoms with Gasteiger partial charge in [0.25, 0.3) is 0 Å². The molecule has 0 aromatic heterocycles. The van der Waals surface area contributed by atoms with Gasteiger partial charge in [0, 0.05) is 12.8 Å². The third-order valence-electron chi connectivity index (χ3n) is 10.5. The topological polar surface area (TPSA) is 76.2 Å². The van der Waals surface area contributed by atoms with Gasteiger partial charge in [-0.3, -0.25) is 9.59 Å². The van der Waals surface area contributed by atoms with Crippen LogP contribution >= 0.6 is 0 Å². The van der Waals surface area contributed by atoms with Crippen LogP contribution in [0.1, 0.15) is 103 Å². The van der Waals surface area contributed by atoms with E-state index in [1.165, 1.54) is 51.4 Å². The molecule has 0 aliphatic heterocycles. The third-order valence-corrected chi connectivity index (χ3v) is 10.5. The van der Waals surface area contributed by atoms with Crippen molar-refractivity contribution in [2.24, 2.45) is 35.5 Å². The first-order valence-corrected chi connectivity index (χ1v) is 16.6. The minimum atomic E-state index is -0.329. The predicted octanol–water partition coefficient (Wildman–Crippen LogP) is 5.50. The molecule has 0 aromatic carbocycles. The minimum absolute atomic E-state index is 0.0372. The average molecular weight is 561 g/mol. The molecule has 0 amide bonds. The van der Waals surface area contributed by atoms with Crippen molar-refractivity contribution in [3.63, 3.8) is 0 Å². The quantitative estimate of drug-likeness (QED) is 0.125. The molecule has 7 nitrogen and oxygen atoms in total. The first-order valence-electron chi connectivity index (χ1n) is 16.6. The maximum absolute atomic E-state index is 13.0. The van der Waals surface area contributed by atoms with E-state index in [1.54, 1.807) is 0 Å². The zero-order chi connectivity index (χ0) is 28.3. The molecular formula is C33H56N2O5. The second-order valence-corrected chi connectivity index (χ2v) is 13.8. The fourth-order valence-electron chi connectivity index (χ4n) is 8.48. The summed E-state index contributed by atoms with van der Waals surface area (Å²) in [6, 6.07) is 0. The number of hydrogen-bond acceptors (Lipinski definition) is 7. The van der Waals surface area contributed by atoms with Crippen LogP contribution in [0.2, 0.25) is 0 Å². The van der Waals surface area contributed by atoms with Gasteiger partial charge in [0.05, 0.1) is 5.92 Å². The van der Waals surface area contributed by atoms with Gasteiger partial charge in [-0.1, -0.05) is 38.5 Å². The highest BCUT2D eigenvalue weighted by Gasteiger charge is 2.42. The number of fused-ring (bicyclic) bond motifs is 2. The Kier molecular flexibility index (Phi) is 12.8. The van der Waals surface area contributed by atoms with E-state index in [2.05, 4.69) is 23.9 Å². The monoisotopic (exact) mass is 560 g/mol. The lowest BCUT2D eigenvalue weighted by Crippen LogP contribution is -2.31. The summed E-state index contributed by atoms with van der Waals surface area (Å²) in [5, 5.41) is 0. The standard InChI is InChI=1S/C33H56N2O5/c1-34(2)14-8-17-35(15-3-4-18-36)16-7-13-32(37)40-31(21-25-19-26-9-5-10-27(26)20-25)24-39-33(38)30-22-28-11-6-12-29(28)23-30/h18,25-31H,3-17,19-24H2,1-2H3. The molecule has 5 unspecified atom stereocenters.